The molecule has 1 N–H and O–H groups in total. The lowest BCUT2D eigenvalue weighted by atomic mass is 10.1. The minimum Gasteiger partial charge on any atom is -0.212 e. The van der Waals surface area contributed by atoms with Crippen molar-refractivity contribution in [3.8, 4) is 0 Å². The second-order valence-electron chi connectivity index (χ2n) is 3.86. The van der Waals surface area contributed by atoms with Crippen molar-refractivity contribution >= 4 is 10.0 Å². The van der Waals surface area contributed by atoms with Gasteiger partial charge in [-0.05, 0) is 31.5 Å². The minimum absolute atomic E-state index is 0.0715. The highest BCUT2D eigenvalue weighted by Gasteiger charge is 2.30. The van der Waals surface area contributed by atoms with Crippen molar-refractivity contribution in [3.05, 3.63) is 35.4 Å². The Bertz CT molecular complexity index is 494. The van der Waals surface area contributed by atoms with Crippen LogP contribution in [0.3, 0.4) is 0 Å². The van der Waals surface area contributed by atoms with Crippen LogP contribution in [0.5, 0.6) is 0 Å². The summed E-state index contributed by atoms with van der Waals surface area (Å²) in [6, 6.07) is 3.85. The third-order valence-corrected chi connectivity index (χ3v) is 3.95. The Labute approximate surface area is 104 Å². The van der Waals surface area contributed by atoms with Crippen molar-refractivity contribution in [3.63, 3.8) is 0 Å². The van der Waals surface area contributed by atoms with Crippen molar-refractivity contribution in [1.29, 1.82) is 0 Å². The lowest BCUT2D eigenvalue weighted by Gasteiger charge is -2.14. The summed E-state index contributed by atoms with van der Waals surface area (Å²) in [4.78, 5) is 0. The molecule has 0 fully saturated rings. The van der Waals surface area contributed by atoms with Gasteiger partial charge in [0.1, 0.15) is 0 Å². The van der Waals surface area contributed by atoms with E-state index in [0.29, 0.717) is 5.56 Å². The molecule has 18 heavy (non-hydrogen) atoms. The van der Waals surface area contributed by atoms with E-state index in [-0.39, 0.29) is 5.75 Å². The predicted octanol–water partition coefficient (Wildman–Crippen LogP) is 2.71. The first kappa shape index (κ1) is 15.0. The van der Waals surface area contributed by atoms with E-state index in [1.165, 1.54) is 19.1 Å². The lowest BCUT2D eigenvalue weighted by molar-refractivity contribution is -0.137. The largest absolute Gasteiger partial charge is 0.416 e. The molecule has 0 aliphatic heterocycles. The summed E-state index contributed by atoms with van der Waals surface area (Å²) in [6.45, 7) is 3.07. The average molecular weight is 281 g/mol. The van der Waals surface area contributed by atoms with Gasteiger partial charge >= 0.3 is 6.18 Å². The van der Waals surface area contributed by atoms with Gasteiger partial charge in [-0.25, -0.2) is 13.1 Å². The van der Waals surface area contributed by atoms with E-state index in [0.717, 1.165) is 12.1 Å². The standard InChI is InChI=1S/C11H14F3NO2S/c1-3-18(16,17)15-8(2)9-4-6-10(7-5-9)11(12,13)14/h4-8,15H,3H2,1-2H3. The molecule has 1 atom stereocenters. The maximum Gasteiger partial charge on any atom is 0.416 e. The van der Waals surface area contributed by atoms with Crippen molar-refractivity contribution < 1.29 is 21.6 Å². The number of sulfonamides is 1. The number of hydrogen-bond donors (Lipinski definition) is 1. The van der Waals surface area contributed by atoms with Crippen molar-refractivity contribution in [2.24, 2.45) is 0 Å². The van der Waals surface area contributed by atoms with E-state index >= 15 is 0 Å². The van der Waals surface area contributed by atoms with E-state index in [1.807, 2.05) is 0 Å². The number of hydrogen-bond acceptors (Lipinski definition) is 2. The van der Waals surface area contributed by atoms with Crippen molar-refractivity contribution in [1.82, 2.24) is 4.72 Å². The SMILES string of the molecule is CCS(=O)(=O)NC(C)c1ccc(C(F)(F)F)cc1. The fourth-order valence-electron chi connectivity index (χ4n) is 1.38. The zero-order valence-electron chi connectivity index (χ0n) is 9.95. The van der Waals surface area contributed by atoms with Gasteiger partial charge < -0.3 is 0 Å². The zero-order valence-corrected chi connectivity index (χ0v) is 10.8. The fourth-order valence-corrected chi connectivity index (χ4v) is 2.22. The van der Waals surface area contributed by atoms with Gasteiger partial charge in [-0.1, -0.05) is 12.1 Å². The molecular formula is C11H14F3NO2S. The van der Waals surface area contributed by atoms with Crippen LogP contribution in [0.2, 0.25) is 0 Å². The van der Waals surface area contributed by atoms with Gasteiger partial charge in [0.2, 0.25) is 10.0 Å². The molecule has 0 bridgehead atoms. The van der Waals surface area contributed by atoms with Crippen molar-refractivity contribution in [2.75, 3.05) is 5.75 Å². The average Bonchev–Trinajstić information content (AvgIpc) is 2.27. The Balaban J connectivity index is 2.86. The highest BCUT2D eigenvalue weighted by molar-refractivity contribution is 7.89. The van der Waals surface area contributed by atoms with Crippen LogP contribution in [0, 0.1) is 0 Å². The summed E-state index contributed by atoms with van der Waals surface area (Å²) in [5.41, 5.74) is -0.267. The lowest BCUT2D eigenvalue weighted by Crippen LogP contribution is -2.28. The van der Waals surface area contributed by atoms with Crippen LogP contribution in [0.25, 0.3) is 0 Å². The third kappa shape index (κ3) is 3.99. The topological polar surface area (TPSA) is 46.2 Å². The van der Waals surface area contributed by atoms with Crippen LogP contribution in [0.4, 0.5) is 13.2 Å². The minimum atomic E-state index is -4.38. The van der Waals surface area contributed by atoms with E-state index in [2.05, 4.69) is 4.72 Å². The molecule has 0 aliphatic carbocycles. The van der Waals surface area contributed by atoms with Gasteiger partial charge in [0, 0.05) is 6.04 Å². The van der Waals surface area contributed by atoms with Crippen LogP contribution in [-0.4, -0.2) is 14.2 Å². The molecule has 0 heterocycles. The zero-order chi connectivity index (χ0) is 14.0. The number of rotatable bonds is 4. The molecule has 0 saturated carbocycles. The Kier molecular flexibility index (Phi) is 4.39. The van der Waals surface area contributed by atoms with Crippen LogP contribution in [0.1, 0.15) is 31.0 Å². The maximum absolute atomic E-state index is 12.3. The number of alkyl halides is 3. The Morgan fingerprint density at radius 2 is 1.72 bits per heavy atom. The molecule has 0 radical (unpaired) electrons. The molecule has 0 aromatic heterocycles. The second kappa shape index (κ2) is 5.27. The predicted molar refractivity (Wildman–Crippen MR) is 62.5 cm³/mol. The molecule has 1 rings (SSSR count). The Hall–Kier alpha value is -1.08. The van der Waals surface area contributed by atoms with E-state index in [9.17, 15) is 21.6 Å². The monoisotopic (exact) mass is 281 g/mol. The first-order chi connectivity index (χ1) is 8.15. The second-order valence-corrected chi connectivity index (χ2v) is 5.91. The Morgan fingerprint density at radius 3 is 2.11 bits per heavy atom. The molecule has 0 amide bonds. The highest BCUT2D eigenvalue weighted by Crippen LogP contribution is 2.29. The van der Waals surface area contributed by atoms with Crippen molar-refractivity contribution in [2.45, 2.75) is 26.1 Å². The molecule has 1 unspecified atom stereocenters. The van der Waals surface area contributed by atoms with Gasteiger partial charge in [-0.3, -0.25) is 0 Å². The molecule has 0 spiro atoms. The molecule has 0 aliphatic rings. The first-order valence-electron chi connectivity index (χ1n) is 5.33. The van der Waals surface area contributed by atoms with E-state index in [4.69, 9.17) is 0 Å². The summed E-state index contributed by atoms with van der Waals surface area (Å²) in [5.74, 6) is -0.0715. The number of nitrogens with one attached hydrogen (secondary N) is 1. The summed E-state index contributed by atoms with van der Waals surface area (Å²) in [6.07, 6.45) is -4.38. The summed E-state index contributed by atoms with van der Waals surface area (Å²) >= 11 is 0. The van der Waals surface area contributed by atoms with Crippen LogP contribution in [-0.2, 0) is 16.2 Å². The van der Waals surface area contributed by atoms with Gasteiger partial charge in [0.25, 0.3) is 0 Å². The molecule has 0 saturated heterocycles. The summed E-state index contributed by atoms with van der Waals surface area (Å²) < 4.78 is 62.0. The third-order valence-electron chi connectivity index (χ3n) is 2.47. The number of benzene rings is 1. The molecular weight excluding hydrogens is 267 g/mol. The summed E-state index contributed by atoms with van der Waals surface area (Å²) in [5, 5.41) is 0. The van der Waals surface area contributed by atoms with Gasteiger partial charge in [-0.15, -0.1) is 0 Å². The molecule has 3 nitrogen and oxygen atoms in total. The summed E-state index contributed by atoms with van der Waals surface area (Å²) in [7, 11) is -3.38. The van der Waals surface area contributed by atoms with Gasteiger partial charge in [-0.2, -0.15) is 13.2 Å². The Morgan fingerprint density at radius 1 is 1.22 bits per heavy atom. The molecule has 1 aromatic rings. The normalized spacial score (nSPS) is 14.5. The fraction of sp³-hybridized carbons (Fsp3) is 0.455. The van der Waals surface area contributed by atoms with Crippen LogP contribution >= 0.6 is 0 Å². The first-order valence-corrected chi connectivity index (χ1v) is 6.98. The van der Waals surface area contributed by atoms with Gasteiger partial charge in [0.15, 0.2) is 0 Å². The van der Waals surface area contributed by atoms with E-state index in [1.54, 1.807) is 6.92 Å². The molecule has 1 aromatic carbocycles. The van der Waals surface area contributed by atoms with Crippen LogP contribution < -0.4 is 4.72 Å². The molecule has 102 valence electrons. The smallest absolute Gasteiger partial charge is 0.212 e. The molecule has 7 heteroatoms. The number of halogens is 3. The van der Waals surface area contributed by atoms with Gasteiger partial charge in [0.05, 0.1) is 11.3 Å². The van der Waals surface area contributed by atoms with E-state index < -0.39 is 27.8 Å². The van der Waals surface area contributed by atoms with Crippen LogP contribution in [0.15, 0.2) is 24.3 Å². The quantitative estimate of drug-likeness (QED) is 0.922. The highest BCUT2D eigenvalue weighted by atomic mass is 32.2. The maximum atomic E-state index is 12.3.